The minimum Gasteiger partial charge on any atom is -0.493 e. The van der Waals surface area contributed by atoms with Crippen LogP contribution in [0, 0.1) is 23.7 Å². The molecule has 1 aromatic heterocycles. The van der Waals surface area contributed by atoms with Crippen LogP contribution in [0.2, 0.25) is 0 Å². The number of rotatable bonds is 9. The molecule has 194 valence electrons. The van der Waals surface area contributed by atoms with E-state index in [2.05, 4.69) is 86.4 Å². The molecule has 0 fully saturated rings. The van der Waals surface area contributed by atoms with Gasteiger partial charge in [0.25, 0.3) is 0 Å². The van der Waals surface area contributed by atoms with Crippen LogP contribution < -0.4 is 20.2 Å². The van der Waals surface area contributed by atoms with Gasteiger partial charge in [0.2, 0.25) is 0 Å². The maximum Gasteiger partial charge on any atom is 0.119 e. The van der Waals surface area contributed by atoms with Crippen molar-refractivity contribution in [1.82, 2.24) is 15.4 Å². The van der Waals surface area contributed by atoms with E-state index in [1.54, 1.807) is 11.9 Å². The summed E-state index contributed by atoms with van der Waals surface area (Å²) in [7, 11) is 0. The number of benzene rings is 2. The molecule has 3 aromatic rings. The fraction of sp³-hybridized carbons (Fsp3) is 0.433. The van der Waals surface area contributed by atoms with Gasteiger partial charge >= 0.3 is 0 Å². The molecule has 7 heteroatoms. The lowest BCUT2D eigenvalue weighted by Gasteiger charge is -2.35. The zero-order valence-corrected chi connectivity index (χ0v) is 23.1. The van der Waals surface area contributed by atoms with E-state index in [1.807, 2.05) is 12.1 Å². The van der Waals surface area contributed by atoms with Crippen molar-refractivity contribution in [2.75, 3.05) is 19.0 Å². The zero-order valence-electron chi connectivity index (χ0n) is 22.3. The van der Waals surface area contributed by atoms with Crippen molar-refractivity contribution in [3.05, 3.63) is 70.4 Å². The van der Waals surface area contributed by atoms with Crippen LogP contribution in [-0.2, 0) is 0 Å². The molecule has 1 aliphatic heterocycles. The predicted octanol–water partition coefficient (Wildman–Crippen LogP) is 5.03. The molecule has 0 saturated carbocycles. The molecule has 0 bridgehead atoms. The largest absolute Gasteiger partial charge is 0.493 e. The summed E-state index contributed by atoms with van der Waals surface area (Å²) >= 11 is 1.67. The molecular weight excluding hydrogens is 480 g/mol. The van der Waals surface area contributed by atoms with Gasteiger partial charge < -0.3 is 9.47 Å². The molecule has 2 aromatic carbocycles. The Morgan fingerprint density at radius 2 is 1.49 bits per heavy atom. The average Bonchev–Trinajstić information content (AvgIpc) is 3.39. The monoisotopic (exact) mass is 516 g/mol. The van der Waals surface area contributed by atoms with E-state index in [0.717, 1.165) is 56.8 Å². The third kappa shape index (κ3) is 5.33. The SMILES string of the molecule is CCC1CSN=C2C(c3ccc(OCC(C)C)cc3)=c3[nH]nnc3=C(c3ccc(OCC(C)C)cc3)C21. The summed E-state index contributed by atoms with van der Waals surface area (Å²) in [6.45, 7) is 12.3. The molecule has 0 amide bonds. The molecule has 6 nitrogen and oxygen atoms in total. The molecule has 1 N–H and O–H groups in total. The fourth-order valence-corrected chi connectivity index (χ4v) is 5.99. The number of H-pyrrole nitrogens is 1. The van der Waals surface area contributed by atoms with E-state index in [1.165, 1.54) is 5.57 Å². The Bertz CT molecular complexity index is 1370. The Morgan fingerprint density at radius 3 is 2.05 bits per heavy atom. The number of hydrogen-bond donors (Lipinski definition) is 1. The highest BCUT2D eigenvalue weighted by Crippen LogP contribution is 2.41. The first-order valence-electron chi connectivity index (χ1n) is 13.3. The highest BCUT2D eigenvalue weighted by atomic mass is 32.2. The molecule has 0 saturated heterocycles. The van der Waals surface area contributed by atoms with Crippen LogP contribution in [0.25, 0.3) is 11.1 Å². The first-order valence-corrected chi connectivity index (χ1v) is 14.2. The molecule has 37 heavy (non-hydrogen) atoms. The van der Waals surface area contributed by atoms with E-state index in [9.17, 15) is 0 Å². The second-order valence-corrected chi connectivity index (χ2v) is 11.5. The van der Waals surface area contributed by atoms with Gasteiger partial charge in [0.15, 0.2) is 0 Å². The second kappa shape index (κ2) is 11.1. The van der Waals surface area contributed by atoms with Gasteiger partial charge in [-0.15, -0.1) is 5.10 Å². The van der Waals surface area contributed by atoms with Gasteiger partial charge in [0.05, 0.1) is 24.3 Å². The highest BCUT2D eigenvalue weighted by Gasteiger charge is 2.39. The first kappa shape index (κ1) is 25.6. The lowest BCUT2D eigenvalue weighted by Crippen LogP contribution is -2.45. The summed E-state index contributed by atoms with van der Waals surface area (Å²) in [5.41, 5.74) is 5.64. The van der Waals surface area contributed by atoms with Gasteiger partial charge in [0, 0.05) is 17.2 Å². The Hall–Kier alpha value is -3.06. The summed E-state index contributed by atoms with van der Waals surface area (Å²) in [4.78, 5) is 0. The van der Waals surface area contributed by atoms with Crippen molar-refractivity contribution in [3.8, 4) is 11.5 Å². The van der Waals surface area contributed by atoms with Crippen LogP contribution in [-0.4, -0.2) is 40.1 Å². The molecule has 1 aliphatic carbocycles. The van der Waals surface area contributed by atoms with Gasteiger partial charge in [-0.3, -0.25) is 5.10 Å². The van der Waals surface area contributed by atoms with Gasteiger partial charge in [-0.05, 0) is 70.7 Å². The van der Waals surface area contributed by atoms with Gasteiger partial charge in [-0.1, -0.05) is 70.5 Å². The Labute approximate surface area is 223 Å². The highest BCUT2D eigenvalue weighted by molar-refractivity contribution is 7.98. The third-order valence-corrected chi connectivity index (χ3v) is 7.74. The van der Waals surface area contributed by atoms with E-state index in [-0.39, 0.29) is 5.92 Å². The maximum atomic E-state index is 5.94. The molecule has 2 aliphatic rings. The van der Waals surface area contributed by atoms with Crippen LogP contribution in [0.15, 0.2) is 52.9 Å². The van der Waals surface area contributed by atoms with Gasteiger partial charge in [-0.25, -0.2) is 4.40 Å². The van der Waals surface area contributed by atoms with E-state index in [4.69, 9.17) is 13.9 Å². The summed E-state index contributed by atoms with van der Waals surface area (Å²) < 4.78 is 16.9. The van der Waals surface area contributed by atoms with Crippen molar-refractivity contribution in [2.24, 2.45) is 28.1 Å². The zero-order chi connectivity index (χ0) is 25.9. The number of fused-ring (bicyclic) bond motifs is 2. The molecular formula is C30H36N4O2S. The minimum atomic E-state index is 0.151. The Balaban J connectivity index is 1.63. The summed E-state index contributed by atoms with van der Waals surface area (Å²) in [6.07, 6.45) is 1.07. The van der Waals surface area contributed by atoms with E-state index >= 15 is 0 Å². The van der Waals surface area contributed by atoms with Crippen LogP contribution in [0.5, 0.6) is 11.5 Å². The van der Waals surface area contributed by atoms with E-state index in [0.29, 0.717) is 31.0 Å². The molecule has 0 radical (unpaired) electrons. The standard InChI is InChI=1S/C30H36N4O2S/c1-6-20-17-37-33-28-25(20)26(21-7-11-23(12-8-21)35-15-18(2)3)29-30(32-34-31-29)27(28)22-9-13-24(14-10-22)36-16-19(4)5/h7-14,18-20,25H,6,15-17H2,1-5H3,(H,31,32). The van der Waals surface area contributed by atoms with Gasteiger partial charge in [0.1, 0.15) is 16.8 Å². The molecule has 2 atom stereocenters. The molecule has 0 spiro atoms. The van der Waals surface area contributed by atoms with Crippen molar-refractivity contribution in [3.63, 3.8) is 0 Å². The Kier molecular flexibility index (Phi) is 7.70. The van der Waals surface area contributed by atoms with Crippen LogP contribution in [0.4, 0.5) is 0 Å². The summed E-state index contributed by atoms with van der Waals surface area (Å²) in [5, 5.41) is 13.9. The van der Waals surface area contributed by atoms with Crippen LogP contribution in [0.3, 0.4) is 0 Å². The fourth-order valence-electron chi connectivity index (χ4n) is 4.95. The third-order valence-electron chi connectivity index (χ3n) is 6.84. The average molecular weight is 517 g/mol. The number of nitrogens with zero attached hydrogens (tertiary/aromatic N) is 3. The Morgan fingerprint density at radius 1 is 0.892 bits per heavy atom. The normalized spacial score (nSPS) is 19.1. The summed E-state index contributed by atoms with van der Waals surface area (Å²) in [5.74, 6) is 4.34. The predicted molar refractivity (Wildman–Crippen MR) is 151 cm³/mol. The topological polar surface area (TPSA) is 72.4 Å². The minimum absolute atomic E-state index is 0.151. The first-order chi connectivity index (χ1) is 18.0. The van der Waals surface area contributed by atoms with Crippen molar-refractivity contribution in [1.29, 1.82) is 0 Å². The second-order valence-electron chi connectivity index (χ2n) is 10.7. The molecule has 2 unspecified atom stereocenters. The lowest BCUT2D eigenvalue weighted by molar-refractivity contribution is 0.271. The number of aromatic amines is 1. The smallest absolute Gasteiger partial charge is 0.119 e. The number of nitrogens with one attached hydrogen (secondary N) is 1. The van der Waals surface area contributed by atoms with Crippen molar-refractivity contribution in [2.45, 2.75) is 41.0 Å². The number of ether oxygens (including phenoxy) is 2. The van der Waals surface area contributed by atoms with Crippen LogP contribution in [0.1, 0.15) is 52.2 Å². The molecule has 2 heterocycles. The quantitative estimate of drug-likeness (QED) is 0.404. The summed E-state index contributed by atoms with van der Waals surface area (Å²) in [6, 6.07) is 16.8. The lowest BCUT2D eigenvalue weighted by atomic mass is 9.73. The number of hydrogen-bond acceptors (Lipinski definition) is 6. The number of aromatic nitrogens is 3. The van der Waals surface area contributed by atoms with Gasteiger partial charge in [-0.2, -0.15) is 0 Å². The van der Waals surface area contributed by atoms with Crippen molar-refractivity contribution >= 4 is 28.8 Å². The maximum absolute atomic E-state index is 5.94. The molecule has 5 rings (SSSR count). The van der Waals surface area contributed by atoms with Crippen LogP contribution >= 0.6 is 11.9 Å². The van der Waals surface area contributed by atoms with E-state index < -0.39 is 0 Å². The van der Waals surface area contributed by atoms with Crippen molar-refractivity contribution < 1.29 is 9.47 Å².